The van der Waals surface area contributed by atoms with Crippen LogP contribution < -0.4 is 0 Å². The van der Waals surface area contributed by atoms with Crippen molar-refractivity contribution in [1.29, 1.82) is 0 Å². The van der Waals surface area contributed by atoms with Crippen LogP contribution in [0, 0.1) is 11.8 Å². The summed E-state index contributed by atoms with van der Waals surface area (Å²) in [5, 5.41) is 8.94. The van der Waals surface area contributed by atoms with Crippen LogP contribution in [0.1, 0.15) is 50.2 Å². The third kappa shape index (κ3) is 7.55. The van der Waals surface area contributed by atoms with Crippen molar-refractivity contribution in [2.75, 3.05) is 0 Å². The smallest absolute Gasteiger partial charge is 0.303 e. The van der Waals surface area contributed by atoms with Gasteiger partial charge < -0.3 is 5.11 Å². The third-order valence-electron chi connectivity index (χ3n) is 4.98. The Kier molecular flexibility index (Phi) is 8.24. The summed E-state index contributed by atoms with van der Waals surface area (Å²) in [6.07, 6.45) is 6.54. The standard InChI is InChI=1S/C23H30O2/c1-2-19(16-20-10-5-3-6-11-20)17-22(14-9-15-23(24)25)18-21-12-7-4-8-13-21/h3-8,10-13,19,22H,2,9,14-18H2,1H3,(H,24,25). The molecule has 2 aromatic rings. The zero-order valence-electron chi connectivity index (χ0n) is 15.2. The highest BCUT2D eigenvalue weighted by atomic mass is 16.4. The van der Waals surface area contributed by atoms with Crippen molar-refractivity contribution in [2.24, 2.45) is 11.8 Å². The second-order valence-electron chi connectivity index (χ2n) is 7.04. The molecule has 0 saturated heterocycles. The molecule has 0 saturated carbocycles. The zero-order chi connectivity index (χ0) is 17.9. The topological polar surface area (TPSA) is 37.3 Å². The van der Waals surface area contributed by atoms with Gasteiger partial charge in [0.1, 0.15) is 0 Å². The first-order chi connectivity index (χ1) is 12.2. The van der Waals surface area contributed by atoms with Gasteiger partial charge in [-0.3, -0.25) is 4.79 Å². The van der Waals surface area contributed by atoms with Crippen LogP contribution in [0.5, 0.6) is 0 Å². The van der Waals surface area contributed by atoms with Crippen molar-refractivity contribution in [3.05, 3.63) is 71.8 Å². The molecule has 1 N–H and O–H groups in total. The molecule has 0 aliphatic rings. The molecule has 0 aliphatic carbocycles. The first-order valence-corrected chi connectivity index (χ1v) is 9.47. The molecule has 0 bridgehead atoms. The van der Waals surface area contributed by atoms with Crippen LogP contribution in [-0.2, 0) is 17.6 Å². The van der Waals surface area contributed by atoms with Crippen molar-refractivity contribution >= 4 is 5.97 Å². The fraction of sp³-hybridized carbons (Fsp3) is 0.435. The number of carboxylic acid groups (broad SMARTS) is 1. The van der Waals surface area contributed by atoms with Gasteiger partial charge in [0.05, 0.1) is 0 Å². The predicted octanol–water partition coefficient (Wildman–Crippen LogP) is 5.76. The average molecular weight is 338 g/mol. The quantitative estimate of drug-likeness (QED) is 0.565. The molecule has 134 valence electrons. The largest absolute Gasteiger partial charge is 0.481 e. The van der Waals surface area contributed by atoms with E-state index in [2.05, 4.69) is 61.5 Å². The van der Waals surface area contributed by atoms with Gasteiger partial charge in [0.25, 0.3) is 0 Å². The van der Waals surface area contributed by atoms with Crippen LogP contribution in [0.4, 0.5) is 0 Å². The van der Waals surface area contributed by atoms with Gasteiger partial charge in [-0.25, -0.2) is 0 Å². The van der Waals surface area contributed by atoms with E-state index in [1.165, 1.54) is 24.0 Å². The van der Waals surface area contributed by atoms with Gasteiger partial charge in [-0.15, -0.1) is 0 Å². The van der Waals surface area contributed by atoms with Gasteiger partial charge in [-0.2, -0.15) is 0 Å². The lowest BCUT2D eigenvalue weighted by Crippen LogP contribution is -2.14. The van der Waals surface area contributed by atoms with E-state index in [9.17, 15) is 4.79 Å². The second kappa shape index (κ2) is 10.7. The van der Waals surface area contributed by atoms with Crippen molar-refractivity contribution in [3.63, 3.8) is 0 Å². The molecule has 0 aliphatic heterocycles. The molecule has 2 aromatic carbocycles. The van der Waals surface area contributed by atoms with Gasteiger partial charge in [-0.05, 0) is 55.1 Å². The Balaban J connectivity index is 1.97. The number of rotatable bonds is 11. The number of benzene rings is 2. The molecule has 2 nitrogen and oxygen atoms in total. The lowest BCUT2D eigenvalue weighted by molar-refractivity contribution is -0.137. The number of hydrogen-bond donors (Lipinski definition) is 1. The van der Waals surface area contributed by atoms with Crippen LogP contribution >= 0.6 is 0 Å². The maximum atomic E-state index is 10.9. The molecule has 0 spiro atoms. The molecule has 2 heteroatoms. The Hall–Kier alpha value is -2.09. The minimum Gasteiger partial charge on any atom is -0.481 e. The Morgan fingerprint density at radius 3 is 1.88 bits per heavy atom. The van der Waals surface area contributed by atoms with E-state index in [0.29, 0.717) is 11.8 Å². The summed E-state index contributed by atoms with van der Waals surface area (Å²) < 4.78 is 0. The molecule has 0 fully saturated rings. The van der Waals surface area contributed by atoms with Crippen molar-refractivity contribution < 1.29 is 9.90 Å². The summed E-state index contributed by atoms with van der Waals surface area (Å²) in [4.78, 5) is 10.9. The molecule has 0 aromatic heterocycles. The third-order valence-corrected chi connectivity index (χ3v) is 4.98. The van der Waals surface area contributed by atoms with Crippen molar-refractivity contribution in [1.82, 2.24) is 0 Å². The minimum absolute atomic E-state index is 0.279. The number of carbonyl (C=O) groups is 1. The molecule has 2 unspecified atom stereocenters. The zero-order valence-corrected chi connectivity index (χ0v) is 15.2. The van der Waals surface area contributed by atoms with Gasteiger partial charge in [-0.1, -0.05) is 74.0 Å². The lowest BCUT2D eigenvalue weighted by atomic mass is 9.82. The lowest BCUT2D eigenvalue weighted by Gasteiger charge is -2.23. The maximum absolute atomic E-state index is 10.9. The summed E-state index contributed by atoms with van der Waals surface area (Å²) in [7, 11) is 0. The number of carboxylic acids is 1. The van der Waals surface area contributed by atoms with Crippen LogP contribution in [0.15, 0.2) is 60.7 Å². The Morgan fingerprint density at radius 1 is 0.880 bits per heavy atom. The van der Waals surface area contributed by atoms with Crippen molar-refractivity contribution in [3.8, 4) is 0 Å². The molecule has 0 heterocycles. The summed E-state index contributed by atoms with van der Waals surface area (Å²) in [5.41, 5.74) is 2.76. The van der Waals surface area contributed by atoms with Crippen LogP contribution in [-0.4, -0.2) is 11.1 Å². The van der Waals surface area contributed by atoms with Crippen LogP contribution in [0.25, 0.3) is 0 Å². The SMILES string of the molecule is CCC(Cc1ccccc1)CC(CCCC(=O)O)Cc1ccccc1. The average Bonchev–Trinajstić information content (AvgIpc) is 2.62. The maximum Gasteiger partial charge on any atom is 0.303 e. The summed E-state index contributed by atoms with van der Waals surface area (Å²) in [5.74, 6) is 0.520. The van der Waals surface area contributed by atoms with E-state index in [-0.39, 0.29) is 6.42 Å². The number of aliphatic carboxylic acids is 1. The monoisotopic (exact) mass is 338 g/mol. The molecular formula is C23H30O2. The summed E-state index contributed by atoms with van der Waals surface area (Å²) in [6, 6.07) is 21.3. The van der Waals surface area contributed by atoms with E-state index < -0.39 is 5.97 Å². The number of hydrogen-bond acceptors (Lipinski definition) is 1. The highest BCUT2D eigenvalue weighted by Gasteiger charge is 2.17. The van der Waals surface area contributed by atoms with Gasteiger partial charge in [0, 0.05) is 6.42 Å². The predicted molar refractivity (Wildman–Crippen MR) is 104 cm³/mol. The van der Waals surface area contributed by atoms with E-state index >= 15 is 0 Å². The molecule has 25 heavy (non-hydrogen) atoms. The van der Waals surface area contributed by atoms with Gasteiger partial charge in [0.15, 0.2) is 0 Å². The van der Waals surface area contributed by atoms with E-state index in [4.69, 9.17) is 5.11 Å². The fourth-order valence-corrected chi connectivity index (χ4v) is 3.61. The van der Waals surface area contributed by atoms with E-state index in [1.807, 2.05) is 6.07 Å². The summed E-state index contributed by atoms with van der Waals surface area (Å²) >= 11 is 0. The Bertz CT molecular complexity index is 607. The first-order valence-electron chi connectivity index (χ1n) is 9.47. The van der Waals surface area contributed by atoms with Gasteiger partial charge in [0.2, 0.25) is 0 Å². The highest BCUT2D eigenvalue weighted by molar-refractivity contribution is 5.66. The Morgan fingerprint density at radius 2 is 1.40 bits per heavy atom. The van der Waals surface area contributed by atoms with Gasteiger partial charge >= 0.3 is 5.97 Å². The van der Waals surface area contributed by atoms with E-state index in [0.717, 1.165) is 25.7 Å². The molecule has 2 atom stereocenters. The van der Waals surface area contributed by atoms with E-state index in [1.54, 1.807) is 0 Å². The fourth-order valence-electron chi connectivity index (χ4n) is 3.61. The molecule has 0 radical (unpaired) electrons. The minimum atomic E-state index is -0.685. The normalized spacial score (nSPS) is 13.3. The molecule has 0 amide bonds. The second-order valence-corrected chi connectivity index (χ2v) is 7.04. The van der Waals surface area contributed by atoms with Crippen molar-refractivity contribution in [2.45, 2.75) is 51.9 Å². The molecule has 2 rings (SSSR count). The summed E-state index contributed by atoms with van der Waals surface area (Å²) in [6.45, 7) is 2.27. The van der Waals surface area contributed by atoms with Crippen LogP contribution in [0.2, 0.25) is 0 Å². The molecular weight excluding hydrogens is 308 g/mol. The Labute approximate surface area is 151 Å². The highest BCUT2D eigenvalue weighted by Crippen LogP contribution is 2.27. The first kappa shape index (κ1) is 19.2. The van der Waals surface area contributed by atoms with Crippen LogP contribution in [0.3, 0.4) is 0 Å².